The zero-order valence-electron chi connectivity index (χ0n) is 18.6. The van der Waals surface area contributed by atoms with Gasteiger partial charge in [-0.25, -0.2) is 4.98 Å². The van der Waals surface area contributed by atoms with E-state index in [0.717, 1.165) is 5.56 Å². The Morgan fingerprint density at radius 1 is 1.06 bits per heavy atom. The standard InChI is InChI=1S/C26H29N3O2/c1-17(2)14-20-23(26(20,3)4)25(31)29(15-18-10-6-5-7-11-18)16-22-27-21-13-9-8-12-19(21)24(30)28-22/h5-14,20,23H,15-16H2,1-4H3,(H,27,28,30)/t20-,23-/m1/s1. The van der Waals surface area contributed by atoms with Gasteiger partial charge in [0.25, 0.3) is 5.56 Å². The molecule has 0 saturated heterocycles. The van der Waals surface area contributed by atoms with Crippen LogP contribution in [0.1, 0.15) is 39.1 Å². The van der Waals surface area contributed by atoms with Crippen LogP contribution in [0.3, 0.4) is 0 Å². The van der Waals surface area contributed by atoms with Gasteiger partial charge in [0.2, 0.25) is 5.91 Å². The van der Waals surface area contributed by atoms with Crippen molar-refractivity contribution < 1.29 is 4.79 Å². The van der Waals surface area contributed by atoms with Gasteiger partial charge in [0, 0.05) is 6.54 Å². The summed E-state index contributed by atoms with van der Waals surface area (Å²) in [6.07, 6.45) is 2.21. The summed E-state index contributed by atoms with van der Waals surface area (Å²) >= 11 is 0. The molecule has 1 heterocycles. The first-order valence-electron chi connectivity index (χ1n) is 10.7. The highest BCUT2D eigenvalue weighted by atomic mass is 16.2. The number of aromatic amines is 1. The van der Waals surface area contributed by atoms with Crippen molar-refractivity contribution in [2.45, 2.75) is 40.8 Å². The molecule has 0 spiro atoms. The van der Waals surface area contributed by atoms with Crippen molar-refractivity contribution in [1.82, 2.24) is 14.9 Å². The van der Waals surface area contributed by atoms with E-state index in [9.17, 15) is 9.59 Å². The molecule has 2 aromatic carbocycles. The van der Waals surface area contributed by atoms with Gasteiger partial charge in [-0.15, -0.1) is 0 Å². The number of fused-ring (bicyclic) bond motifs is 1. The fourth-order valence-electron chi connectivity index (χ4n) is 4.42. The Morgan fingerprint density at radius 3 is 2.45 bits per heavy atom. The van der Waals surface area contributed by atoms with Crippen molar-refractivity contribution >= 4 is 16.8 Å². The van der Waals surface area contributed by atoms with Crippen LogP contribution in [-0.2, 0) is 17.9 Å². The summed E-state index contributed by atoms with van der Waals surface area (Å²) < 4.78 is 0. The summed E-state index contributed by atoms with van der Waals surface area (Å²) in [7, 11) is 0. The van der Waals surface area contributed by atoms with Crippen molar-refractivity contribution in [1.29, 1.82) is 0 Å². The van der Waals surface area contributed by atoms with Gasteiger partial charge in [0.05, 0.1) is 23.4 Å². The Bertz CT molecular complexity index is 1190. The lowest BCUT2D eigenvalue weighted by molar-refractivity contribution is -0.134. The topological polar surface area (TPSA) is 66.1 Å². The van der Waals surface area contributed by atoms with E-state index in [1.807, 2.05) is 53.4 Å². The minimum absolute atomic E-state index is 0.0710. The highest BCUT2D eigenvalue weighted by Crippen LogP contribution is 2.60. The summed E-state index contributed by atoms with van der Waals surface area (Å²) in [5.41, 5.74) is 2.66. The minimum atomic E-state index is -0.179. The van der Waals surface area contributed by atoms with Gasteiger partial charge < -0.3 is 9.88 Å². The third kappa shape index (κ3) is 4.31. The third-order valence-corrected chi connectivity index (χ3v) is 6.22. The maximum atomic E-state index is 13.6. The molecule has 0 unspecified atom stereocenters. The highest BCUT2D eigenvalue weighted by Gasteiger charge is 2.61. The van der Waals surface area contributed by atoms with E-state index in [0.29, 0.717) is 23.3 Å². The van der Waals surface area contributed by atoms with E-state index in [1.54, 1.807) is 6.07 Å². The number of benzene rings is 2. The summed E-state index contributed by atoms with van der Waals surface area (Å²) in [5, 5.41) is 0.555. The van der Waals surface area contributed by atoms with Crippen LogP contribution in [0.15, 0.2) is 71.0 Å². The van der Waals surface area contributed by atoms with Crippen molar-refractivity contribution in [3.05, 3.63) is 88.0 Å². The number of hydrogen-bond acceptors (Lipinski definition) is 3. The Labute approximate surface area is 182 Å². The van der Waals surface area contributed by atoms with Crippen LogP contribution in [-0.4, -0.2) is 20.8 Å². The van der Waals surface area contributed by atoms with E-state index in [-0.39, 0.29) is 35.3 Å². The second-order valence-corrected chi connectivity index (χ2v) is 9.28. The van der Waals surface area contributed by atoms with Crippen molar-refractivity contribution in [2.24, 2.45) is 17.3 Å². The number of allylic oxidation sites excluding steroid dienone is 2. The molecular formula is C26H29N3O2. The first-order chi connectivity index (χ1) is 14.8. The SMILES string of the molecule is CC(C)=C[C@@H]1[C@H](C(=O)N(Cc2ccccc2)Cc2nc3ccccc3c(=O)[nH]2)C1(C)C. The lowest BCUT2D eigenvalue weighted by atomic mass is 10.1. The molecule has 1 saturated carbocycles. The third-order valence-electron chi connectivity index (χ3n) is 6.22. The Morgan fingerprint density at radius 2 is 1.74 bits per heavy atom. The molecular weight excluding hydrogens is 386 g/mol. The van der Waals surface area contributed by atoms with Crippen molar-refractivity contribution in [2.75, 3.05) is 0 Å². The molecule has 31 heavy (non-hydrogen) atoms. The van der Waals surface area contributed by atoms with Crippen LogP contribution in [0.4, 0.5) is 0 Å². The number of rotatable bonds is 6. The molecule has 0 radical (unpaired) electrons. The molecule has 160 valence electrons. The molecule has 1 amide bonds. The molecule has 1 fully saturated rings. The normalized spacial score (nSPS) is 19.1. The number of nitrogens with one attached hydrogen (secondary N) is 1. The van der Waals surface area contributed by atoms with Crippen LogP contribution >= 0.6 is 0 Å². The van der Waals surface area contributed by atoms with E-state index in [2.05, 4.69) is 43.7 Å². The molecule has 1 aromatic heterocycles. The molecule has 3 aromatic rings. The van der Waals surface area contributed by atoms with Crippen LogP contribution in [0.5, 0.6) is 0 Å². The number of nitrogens with zero attached hydrogens (tertiary/aromatic N) is 2. The summed E-state index contributed by atoms with van der Waals surface area (Å²) in [5.74, 6) is 0.766. The van der Waals surface area contributed by atoms with Gasteiger partial charge in [-0.2, -0.15) is 0 Å². The first-order valence-corrected chi connectivity index (χ1v) is 10.7. The zero-order valence-corrected chi connectivity index (χ0v) is 18.6. The van der Waals surface area contributed by atoms with E-state index < -0.39 is 0 Å². The van der Waals surface area contributed by atoms with Gasteiger partial charge in [-0.3, -0.25) is 9.59 Å². The maximum Gasteiger partial charge on any atom is 0.258 e. The van der Waals surface area contributed by atoms with Gasteiger partial charge in [0.15, 0.2) is 0 Å². The molecule has 5 heteroatoms. The van der Waals surface area contributed by atoms with Gasteiger partial charge >= 0.3 is 0 Å². The molecule has 1 aliphatic carbocycles. The number of H-pyrrole nitrogens is 1. The second kappa shape index (κ2) is 8.14. The van der Waals surface area contributed by atoms with Gasteiger partial charge in [-0.1, -0.05) is 68.0 Å². The average Bonchev–Trinajstić information content (AvgIpc) is 3.26. The average molecular weight is 416 g/mol. The molecule has 0 bridgehead atoms. The lowest BCUT2D eigenvalue weighted by Gasteiger charge is -2.23. The molecule has 0 aliphatic heterocycles. The van der Waals surface area contributed by atoms with Crippen molar-refractivity contribution in [3.8, 4) is 0 Å². The summed E-state index contributed by atoms with van der Waals surface area (Å²) in [4.78, 5) is 35.5. The number of carbonyl (C=O) groups excluding carboxylic acids is 1. The zero-order chi connectivity index (χ0) is 22.2. The van der Waals surface area contributed by atoms with Crippen LogP contribution < -0.4 is 5.56 Å². The number of amides is 1. The molecule has 1 N–H and O–H groups in total. The number of hydrogen-bond donors (Lipinski definition) is 1. The minimum Gasteiger partial charge on any atom is -0.331 e. The number of para-hydroxylation sites is 1. The van der Waals surface area contributed by atoms with Crippen molar-refractivity contribution in [3.63, 3.8) is 0 Å². The van der Waals surface area contributed by atoms with Gasteiger partial charge in [0.1, 0.15) is 5.82 Å². The smallest absolute Gasteiger partial charge is 0.258 e. The predicted molar refractivity (Wildman–Crippen MR) is 123 cm³/mol. The quantitative estimate of drug-likeness (QED) is 0.594. The molecule has 2 atom stereocenters. The molecule has 4 rings (SSSR count). The van der Waals surface area contributed by atoms with Gasteiger partial charge in [-0.05, 0) is 42.9 Å². The summed E-state index contributed by atoms with van der Waals surface area (Å²) in [6, 6.07) is 17.2. The number of carbonyl (C=O) groups is 1. The fraction of sp³-hybridized carbons (Fsp3) is 0.346. The monoisotopic (exact) mass is 415 g/mol. The van der Waals surface area contributed by atoms with Crippen LogP contribution in [0.25, 0.3) is 10.9 Å². The highest BCUT2D eigenvalue weighted by molar-refractivity contribution is 5.84. The van der Waals surface area contributed by atoms with E-state index >= 15 is 0 Å². The first kappa shape index (κ1) is 21.0. The molecule has 5 nitrogen and oxygen atoms in total. The Kier molecular flexibility index (Phi) is 5.52. The Hall–Kier alpha value is -3.21. The second-order valence-electron chi connectivity index (χ2n) is 9.28. The summed E-state index contributed by atoms with van der Waals surface area (Å²) in [6.45, 7) is 9.18. The predicted octanol–water partition coefficient (Wildman–Crippen LogP) is 4.69. The van der Waals surface area contributed by atoms with E-state index in [1.165, 1.54) is 5.57 Å². The Balaban J connectivity index is 1.66. The largest absolute Gasteiger partial charge is 0.331 e. The molecule has 1 aliphatic rings. The number of aromatic nitrogens is 2. The van der Waals surface area contributed by atoms with E-state index in [4.69, 9.17) is 0 Å². The van der Waals surface area contributed by atoms with Crippen LogP contribution in [0.2, 0.25) is 0 Å². The fourth-order valence-corrected chi connectivity index (χ4v) is 4.42. The van der Waals surface area contributed by atoms with Crippen LogP contribution in [0, 0.1) is 17.3 Å². The lowest BCUT2D eigenvalue weighted by Crippen LogP contribution is -2.34. The maximum absolute atomic E-state index is 13.6.